The average Bonchev–Trinajstić information content (AvgIpc) is 2.69. The van der Waals surface area contributed by atoms with Gasteiger partial charge in [-0.3, -0.25) is 0 Å². The van der Waals surface area contributed by atoms with Gasteiger partial charge in [-0.25, -0.2) is 4.79 Å². The zero-order valence-corrected chi connectivity index (χ0v) is 10.2. The lowest BCUT2D eigenvalue weighted by molar-refractivity contribution is 0.133. The van der Waals surface area contributed by atoms with Crippen LogP contribution in [0.3, 0.4) is 0 Å². The van der Waals surface area contributed by atoms with E-state index in [9.17, 15) is 4.79 Å². The van der Waals surface area contributed by atoms with E-state index in [2.05, 4.69) is 0 Å². The van der Waals surface area contributed by atoms with Gasteiger partial charge >= 0.3 is 6.09 Å². The molecule has 1 saturated heterocycles. The molecule has 1 atom stereocenters. The first-order valence-electron chi connectivity index (χ1n) is 5.62. The second-order valence-corrected chi connectivity index (χ2v) is 4.45. The van der Waals surface area contributed by atoms with Gasteiger partial charge in [-0.2, -0.15) is 0 Å². The van der Waals surface area contributed by atoms with Crippen molar-refractivity contribution < 1.29 is 9.53 Å². The Morgan fingerprint density at radius 2 is 2.12 bits per heavy atom. The van der Waals surface area contributed by atoms with Crippen LogP contribution in [0.4, 0.5) is 4.79 Å². The highest BCUT2D eigenvalue weighted by Gasteiger charge is 2.31. The van der Waals surface area contributed by atoms with Crippen LogP contribution in [0.1, 0.15) is 18.1 Å². The number of nitrogens with two attached hydrogens (primary N) is 1. The zero-order valence-electron chi connectivity index (χ0n) is 9.43. The highest BCUT2D eigenvalue weighted by atomic mass is 35.5. The number of carbonyl (C=O) groups is 1. The van der Waals surface area contributed by atoms with Crippen molar-refractivity contribution in [2.45, 2.75) is 12.5 Å². The maximum atomic E-state index is 11.6. The Hall–Kier alpha value is -1.26. The molecule has 4 nitrogen and oxygen atoms in total. The minimum atomic E-state index is -0.265. The molecule has 2 N–H and O–H groups in total. The van der Waals surface area contributed by atoms with E-state index in [0.29, 0.717) is 24.7 Å². The van der Waals surface area contributed by atoms with E-state index < -0.39 is 0 Å². The normalized spacial score (nSPS) is 19.5. The number of hydrogen-bond acceptors (Lipinski definition) is 3. The molecule has 1 heterocycles. The molecule has 0 radical (unpaired) electrons. The van der Waals surface area contributed by atoms with Crippen LogP contribution in [-0.2, 0) is 4.74 Å². The average molecular weight is 255 g/mol. The van der Waals surface area contributed by atoms with Crippen LogP contribution in [0.15, 0.2) is 24.3 Å². The summed E-state index contributed by atoms with van der Waals surface area (Å²) in [6.07, 6.45) is 0.332. The Kier molecular flexibility index (Phi) is 3.86. The predicted molar refractivity (Wildman–Crippen MR) is 65.9 cm³/mol. The van der Waals surface area contributed by atoms with Gasteiger partial charge in [0.05, 0.1) is 6.54 Å². The summed E-state index contributed by atoms with van der Waals surface area (Å²) in [5, 5.41) is 0.679. The Morgan fingerprint density at radius 3 is 2.76 bits per heavy atom. The maximum Gasteiger partial charge on any atom is 0.410 e. The van der Waals surface area contributed by atoms with Crippen LogP contribution >= 0.6 is 11.6 Å². The minimum Gasteiger partial charge on any atom is -0.439 e. The largest absolute Gasteiger partial charge is 0.439 e. The van der Waals surface area contributed by atoms with Gasteiger partial charge in [0, 0.05) is 11.6 Å². The summed E-state index contributed by atoms with van der Waals surface area (Å²) in [5.74, 6) is 0. The lowest BCUT2D eigenvalue weighted by atomic mass is 10.1. The first-order valence-corrected chi connectivity index (χ1v) is 5.99. The van der Waals surface area contributed by atoms with Gasteiger partial charge in [0.2, 0.25) is 0 Å². The molecule has 1 aliphatic rings. The quantitative estimate of drug-likeness (QED) is 0.896. The number of hydrogen-bond donors (Lipinski definition) is 1. The van der Waals surface area contributed by atoms with E-state index in [1.165, 1.54) is 0 Å². The molecule has 1 aliphatic heterocycles. The van der Waals surface area contributed by atoms with Crippen LogP contribution in [0.2, 0.25) is 5.02 Å². The standard InChI is InChI=1S/C12H15ClN2O2/c13-10-4-2-9(3-5-10)11-8-15(7-1-6-14)12(16)17-11/h2-5,11H,1,6-8,14H2. The smallest absolute Gasteiger partial charge is 0.410 e. The molecule has 92 valence electrons. The van der Waals surface area contributed by atoms with E-state index >= 15 is 0 Å². The van der Waals surface area contributed by atoms with E-state index in [1.54, 1.807) is 17.0 Å². The van der Waals surface area contributed by atoms with Gasteiger partial charge < -0.3 is 15.4 Å². The number of rotatable bonds is 4. The van der Waals surface area contributed by atoms with Crippen molar-refractivity contribution in [3.63, 3.8) is 0 Å². The lowest BCUT2D eigenvalue weighted by Gasteiger charge is -2.11. The Morgan fingerprint density at radius 1 is 1.41 bits per heavy atom. The number of nitrogens with zero attached hydrogens (tertiary/aromatic N) is 1. The van der Waals surface area contributed by atoms with Crippen molar-refractivity contribution in [3.05, 3.63) is 34.9 Å². The molecule has 1 aromatic rings. The molecule has 0 spiro atoms. The topological polar surface area (TPSA) is 55.6 Å². The van der Waals surface area contributed by atoms with Crippen molar-refractivity contribution in [1.82, 2.24) is 4.90 Å². The van der Waals surface area contributed by atoms with Gasteiger partial charge in [-0.15, -0.1) is 0 Å². The van der Waals surface area contributed by atoms with Gasteiger partial charge in [-0.1, -0.05) is 23.7 Å². The highest BCUT2D eigenvalue weighted by Crippen LogP contribution is 2.26. The summed E-state index contributed by atoms with van der Waals surface area (Å²) in [6.45, 7) is 1.81. The maximum absolute atomic E-state index is 11.6. The van der Waals surface area contributed by atoms with E-state index in [-0.39, 0.29) is 12.2 Å². The third-order valence-corrected chi connectivity index (χ3v) is 3.01. The van der Waals surface area contributed by atoms with Gasteiger partial charge in [-0.05, 0) is 30.7 Å². The van der Waals surface area contributed by atoms with Crippen molar-refractivity contribution in [2.75, 3.05) is 19.6 Å². The molecule has 2 rings (SSSR count). The zero-order chi connectivity index (χ0) is 12.3. The lowest BCUT2D eigenvalue weighted by Crippen LogP contribution is -2.27. The van der Waals surface area contributed by atoms with Gasteiger partial charge in [0.15, 0.2) is 0 Å². The highest BCUT2D eigenvalue weighted by molar-refractivity contribution is 6.30. The summed E-state index contributed by atoms with van der Waals surface area (Å²) >= 11 is 5.81. The summed E-state index contributed by atoms with van der Waals surface area (Å²) in [4.78, 5) is 13.3. The Labute approximate surface area is 105 Å². The molecule has 17 heavy (non-hydrogen) atoms. The van der Waals surface area contributed by atoms with Crippen molar-refractivity contribution in [3.8, 4) is 0 Å². The van der Waals surface area contributed by atoms with Gasteiger partial charge in [0.25, 0.3) is 0 Å². The summed E-state index contributed by atoms with van der Waals surface area (Å²) in [6, 6.07) is 7.36. The molecule has 0 aliphatic carbocycles. The number of amides is 1. The molecule has 1 amide bonds. The fraction of sp³-hybridized carbons (Fsp3) is 0.417. The molecule has 1 aromatic carbocycles. The molecule has 1 fully saturated rings. The summed E-state index contributed by atoms with van der Waals surface area (Å²) in [5.41, 5.74) is 6.39. The molecule has 0 aromatic heterocycles. The van der Waals surface area contributed by atoms with E-state index in [0.717, 1.165) is 12.0 Å². The summed E-state index contributed by atoms with van der Waals surface area (Å²) < 4.78 is 5.30. The summed E-state index contributed by atoms with van der Waals surface area (Å²) in [7, 11) is 0. The van der Waals surface area contributed by atoms with Crippen LogP contribution in [-0.4, -0.2) is 30.6 Å². The number of halogens is 1. The monoisotopic (exact) mass is 254 g/mol. The van der Waals surface area contributed by atoms with Crippen LogP contribution < -0.4 is 5.73 Å². The molecule has 5 heteroatoms. The number of carbonyl (C=O) groups excluding carboxylic acids is 1. The minimum absolute atomic E-state index is 0.197. The van der Waals surface area contributed by atoms with E-state index in [4.69, 9.17) is 22.1 Å². The number of cyclic esters (lactones) is 1. The molecular weight excluding hydrogens is 240 g/mol. The SMILES string of the molecule is NCCCN1CC(c2ccc(Cl)cc2)OC1=O. The van der Waals surface area contributed by atoms with Crippen LogP contribution in [0.25, 0.3) is 0 Å². The Bertz CT molecular complexity index is 394. The first kappa shape index (κ1) is 12.2. The van der Waals surface area contributed by atoms with Crippen molar-refractivity contribution in [1.29, 1.82) is 0 Å². The molecule has 0 bridgehead atoms. The molecule has 0 saturated carbocycles. The van der Waals surface area contributed by atoms with Crippen molar-refractivity contribution in [2.24, 2.45) is 5.73 Å². The van der Waals surface area contributed by atoms with E-state index in [1.807, 2.05) is 12.1 Å². The van der Waals surface area contributed by atoms with Gasteiger partial charge in [0.1, 0.15) is 6.10 Å². The van der Waals surface area contributed by atoms with Crippen LogP contribution in [0, 0.1) is 0 Å². The fourth-order valence-electron chi connectivity index (χ4n) is 1.82. The number of benzene rings is 1. The predicted octanol–water partition coefficient (Wildman–Crippen LogP) is 2.18. The van der Waals surface area contributed by atoms with Crippen molar-refractivity contribution >= 4 is 17.7 Å². The molecule has 1 unspecified atom stereocenters. The fourth-order valence-corrected chi connectivity index (χ4v) is 1.95. The first-order chi connectivity index (χ1) is 8.20. The number of ether oxygens (including phenoxy) is 1. The second kappa shape index (κ2) is 5.38. The third kappa shape index (κ3) is 2.90. The third-order valence-electron chi connectivity index (χ3n) is 2.76. The van der Waals surface area contributed by atoms with Crippen LogP contribution in [0.5, 0.6) is 0 Å². The Balaban J connectivity index is 2.00. The second-order valence-electron chi connectivity index (χ2n) is 4.01. The molecular formula is C12H15ClN2O2.